The smallest absolute Gasteiger partial charge is 0.156 e. The number of nitrogens with one attached hydrogen (secondary N) is 1. The van der Waals surface area contributed by atoms with Crippen molar-refractivity contribution in [1.29, 1.82) is 0 Å². The van der Waals surface area contributed by atoms with Crippen LogP contribution in [0, 0.1) is 0 Å². The number of hydrogen-bond acceptors (Lipinski definition) is 4. The van der Waals surface area contributed by atoms with Crippen LogP contribution >= 0.6 is 0 Å². The third-order valence-corrected chi connectivity index (χ3v) is 3.61. The van der Waals surface area contributed by atoms with E-state index in [4.69, 9.17) is 10.9 Å². The van der Waals surface area contributed by atoms with Crippen LogP contribution in [0.1, 0.15) is 32.4 Å². The lowest BCUT2D eigenvalue weighted by molar-refractivity contribution is 0.212. The highest BCUT2D eigenvalue weighted by molar-refractivity contribution is 5.84. The number of nitrogens with two attached hydrogens (primary N) is 1. The molecule has 5 nitrogen and oxygen atoms in total. The van der Waals surface area contributed by atoms with Crippen LogP contribution in [0.25, 0.3) is 0 Å². The quantitative estimate of drug-likeness (QED) is 0.293. The van der Waals surface area contributed by atoms with Gasteiger partial charge >= 0.3 is 0 Å². The molecule has 0 spiro atoms. The fourth-order valence-corrected chi connectivity index (χ4v) is 2.28. The van der Waals surface area contributed by atoms with Gasteiger partial charge in [0.1, 0.15) is 0 Å². The molecule has 0 fully saturated rings. The average Bonchev–Trinajstić information content (AvgIpc) is 2.51. The van der Waals surface area contributed by atoms with Gasteiger partial charge in [0.05, 0.1) is 6.04 Å². The summed E-state index contributed by atoms with van der Waals surface area (Å²) in [5, 5.41) is 15.1. The second kappa shape index (κ2) is 8.55. The molecule has 0 heterocycles. The first-order chi connectivity index (χ1) is 9.63. The van der Waals surface area contributed by atoms with E-state index in [1.807, 2.05) is 13.0 Å². The van der Waals surface area contributed by atoms with Crippen molar-refractivity contribution in [3.05, 3.63) is 35.9 Å². The van der Waals surface area contributed by atoms with Gasteiger partial charge in [0.2, 0.25) is 0 Å². The van der Waals surface area contributed by atoms with Crippen LogP contribution < -0.4 is 11.1 Å². The molecule has 0 aliphatic heterocycles. The van der Waals surface area contributed by atoms with Crippen LogP contribution in [0.15, 0.2) is 35.5 Å². The Kier molecular flexibility index (Phi) is 7.04. The van der Waals surface area contributed by atoms with Crippen molar-refractivity contribution in [3.8, 4) is 0 Å². The molecular weight excluding hydrogens is 252 g/mol. The third-order valence-electron chi connectivity index (χ3n) is 3.61. The van der Waals surface area contributed by atoms with Crippen molar-refractivity contribution in [2.24, 2.45) is 10.9 Å². The number of oxime groups is 1. The van der Waals surface area contributed by atoms with Gasteiger partial charge in [-0.25, -0.2) is 0 Å². The predicted octanol–water partition coefficient (Wildman–Crippen LogP) is 1.79. The molecule has 1 rings (SSSR count). The van der Waals surface area contributed by atoms with Gasteiger partial charge in [0, 0.05) is 12.6 Å². The van der Waals surface area contributed by atoms with Gasteiger partial charge < -0.3 is 16.3 Å². The minimum atomic E-state index is -0.151. The number of nitrogens with zero attached hydrogens (tertiary/aromatic N) is 2. The summed E-state index contributed by atoms with van der Waals surface area (Å²) in [4.78, 5) is 2.39. The van der Waals surface area contributed by atoms with Crippen LogP contribution in [-0.4, -0.2) is 41.6 Å². The molecule has 2 unspecified atom stereocenters. The minimum absolute atomic E-state index is 0.151. The standard InChI is InChI=1S/C15H26N4O/c1-4-19(5-2)14(13-9-7-6-8-10-13)11-17-12(3)15(16)18-20/h6-10,12,14,17,20H,4-5,11H2,1-3H3,(H2,16,18). The Morgan fingerprint density at radius 3 is 2.40 bits per heavy atom. The summed E-state index contributed by atoms with van der Waals surface area (Å²) in [7, 11) is 0. The summed E-state index contributed by atoms with van der Waals surface area (Å²) in [6.07, 6.45) is 0. The van der Waals surface area contributed by atoms with Crippen LogP contribution in [-0.2, 0) is 0 Å². The van der Waals surface area contributed by atoms with Gasteiger partial charge in [-0.2, -0.15) is 0 Å². The molecular formula is C15H26N4O. The Hall–Kier alpha value is -1.59. The van der Waals surface area contributed by atoms with E-state index in [0.29, 0.717) is 0 Å². The normalized spacial score (nSPS) is 15.3. The topological polar surface area (TPSA) is 73.9 Å². The van der Waals surface area contributed by atoms with Crippen LogP contribution in [0.4, 0.5) is 0 Å². The molecule has 2 atom stereocenters. The van der Waals surface area contributed by atoms with E-state index in [-0.39, 0.29) is 17.9 Å². The maximum absolute atomic E-state index is 8.70. The SMILES string of the molecule is CCN(CC)C(CNC(C)C(N)=NO)c1ccccc1. The number of amidine groups is 1. The van der Waals surface area contributed by atoms with Crippen molar-refractivity contribution in [3.63, 3.8) is 0 Å². The molecule has 0 radical (unpaired) electrons. The summed E-state index contributed by atoms with van der Waals surface area (Å²) in [6, 6.07) is 10.5. The molecule has 0 saturated carbocycles. The number of rotatable bonds is 8. The van der Waals surface area contributed by atoms with Crippen molar-refractivity contribution < 1.29 is 5.21 Å². The summed E-state index contributed by atoms with van der Waals surface area (Å²) < 4.78 is 0. The maximum atomic E-state index is 8.70. The molecule has 0 aliphatic rings. The first kappa shape index (κ1) is 16.5. The van der Waals surface area contributed by atoms with Gasteiger partial charge in [-0.1, -0.05) is 49.3 Å². The van der Waals surface area contributed by atoms with E-state index >= 15 is 0 Å². The van der Waals surface area contributed by atoms with E-state index < -0.39 is 0 Å². The second-order valence-electron chi connectivity index (χ2n) is 4.80. The van der Waals surface area contributed by atoms with Gasteiger partial charge in [-0.3, -0.25) is 4.90 Å². The fourth-order valence-electron chi connectivity index (χ4n) is 2.28. The molecule has 112 valence electrons. The summed E-state index contributed by atoms with van der Waals surface area (Å²) in [5.74, 6) is 0.205. The third kappa shape index (κ3) is 4.51. The molecule has 20 heavy (non-hydrogen) atoms. The Morgan fingerprint density at radius 2 is 1.90 bits per heavy atom. The minimum Gasteiger partial charge on any atom is -0.409 e. The summed E-state index contributed by atoms with van der Waals surface area (Å²) in [6.45, 7) is 8.92. The monoisotopic (exact) mass is 278 g/mol. The van der Waals surface area contributed by atoms with Crippen molar-refractivity contribution >= 4 is 5.84 Å². The molecule has 0 aliphatic carbocycles. The first-order valence-electron chi connectivity index (χ1n) is 7.13. The summed E-state index contributed by atoms with van der Waals surface area (Å²) in [5.41, 5.74) is 6.88. The zero-order chi connectivity index (χ0) is 15.0. The van der Waals surface area contributed by atoms with Gasteiger partial charge in [0.25, 0.3) is 0 Å². The molecule has 0 aromatic heterocycles. The van der Waals surface area contributed by atoms with Crippen molar-refractivity contribution in [2.45, 2.75) is 32.9 Å². The van der Waals surface area contributed by atoms with Gasteiger partial charge in [-0.05, 0) is 25.6 Å². The molecule has 5 heteroatoms. The molecule has 1 aromatic carbocycles. The maximum Gasteiger partial charge on any atom is 0.156 e. The zero-order valence-electron chi connectivity index (χ0n) is 12.6. The van der Waals surface area contributed by atoms with Crippen LogP contribution in [0.5, 0.6) is 0 Å². The Bertz CT molecular complexity index is 404. The highest BCUT2D eigenvalue weighted by atomic mass is 16.4. The molecule has 0 amide bonds. The van der Waals surface area contributed by atoms with E-state index in [2.05, 4.69) is 53.5 Å². The Labute approximate surface area is 121 Å². The molecule has 0 saturated heterocycles. The number of hydrogen-bond donors (Lipinski definition) is 3. The van der Waals surface area contributed by atoms with Gasteiger partial charge in [0.15, 0.2) is 5.84 Å². The highest BCUT2D eigenvalue weighted by Gasteiger charge is 2.19. The average molecular weight is 278 g/mol. The summed E-state index contributed by atoms with van der Waals surface area (Å²) >= 11 is 0. The number of likely N-dealkylation sites (N-methyl/N-ethyl adjacent to an activating group) is 1. The molecule has 4 N–H and O–H groups in total. The predicted molar refractivity (Wildman–Crippen MR) is 83.0 cm³/mol. The highest BCUT2D eigenvalue weighted by Crippen LogP contribution is 2.19. The van der Waals surface area contributed by atoms with E-state index in [1.54, 1.807) is 0 Å². The second-order valence-corrected chi connectivity index (χ2v) is 4.80. The lowest BCUT2D eigenvalue weighted by atomic mass is 10.0. The largest absolute Gasteiger partial charge is 0.409 e. The zero-order valence-corrected chi connectivity index (χ0v) is 12.6. The lowest BCUT2D eigenvalue weighted by Gasteiger charge is -2.31. The van der Waals surface area contributed by atoms with E-state index in [9.17, 15) is 0 Å². The van der Waals surface area contributed by atoms with Crippen molar-refractivity contribution in [1.82, 2.24) is 10.2 Å². The van der Waals surface area contributed by atoms with E-state index in [1.165, 1.54) is 5.56 Å². The number of benzene rings is 1. The fraction of sp³-hybridized carbons (Fsp3) is 0.533. The van der Waals surface area contributed by atoms with Crippen LogP contribution in [0.3, 0.4) is 0 Å². The Balaban J connectivity index is 2.79. The Morgan fingerprint density at radius 1 is 1.30 bits per heavy atom. The van der Waals surface area contributed by atoms with Crippen molar-refractivity contribution in [2.75, 3.05) is 19.6 Å². The van der Waals surface area contributed by atoms with Crippen LogP contribution in [0.2, 0.25) is 0 Å². The van der Waals surface area contributed by atoms with Gasteiger partial charge in [-0.15, -0.1) is 0 Å². The molecule has 0 bridgehead atoms. The molecule has 1 aromatic rings. The first-order valence-corrected chi connectivity index (χ1v) is 7.13. The lowest BCUT2D eigenvalue weighted by Crippen LogP contribution is -2.44. The van der Waals surface area contributed by atoms with E-state index in [0.717, 1.165) is 19.6 Å².